The molecule has 1 aromatic carbocycles. The molecule has 126 valence electrons. The second-order valence-corrected chi connectivity index (χ2v) is 5.86. The van der Waals surface area contributed by atoms with Crippen molar-refractivity contribution < 1.29 is 19.1 Å². The molecule has 0 aromatic heterocycles. The minimum Gasteiger partial charge on any atom is -0.494 e. The maximum absolute atomic E-state index is 12.7. The van der Waals surface area contributed by atoms with Crippen LogP contribution in [0.15, 0.2) is 12.1 Å². The van der Waals surface area contributed by atoms with Crippen molar-refractivity contribution in [1.82, 2.24) is 9.80 Å². The molecule has 0 radical (unpaired) electrons. The first-order chi connectivity index (χ1) is 11.0. The Morgan fingerprint density at radius 1 is 1.04 bits per heavy atom. The Bertz CT molecular complexity index is 601. The average molecular weight is 361 g/mol. The molecule has 0 atom stereocenters. The van der Waals surface area contributed by atoms with Gasteiger partial charge in [-0.25, -0.2) is 0 Å². The Morgan fingerprint density at radius 3 is 2.17 bits per heavy atom. The van der Waals surface area contributed by atoms with Crippen molar-refractivity contribution in [3.8, 4) is 5.75 Å². The Kier molecular flexibility index (Phi) is 6.10. The van der Waals surface area contributed by atoms with Gasteiger partial charge < -0.3 is 19.3 Å². The van der Waals surface area contributed by atoms with Gasteiger partial charge in [0.1, 0.15) is 12.2 Å². The van der Waals surface area contributed by atoms with E-state index in [-0.39, 0.29) is 34.8 Å². The number of ether oxygens (including phenoxy) is 2. The molecule has 0 N–H and O–H groups in total. The highest BCUT2D eigenvalue weighted by molar-refractivity contribution is 6.37. The summed E-state index contributed by atoms with van der Waals surface area (Å²) >= 11 is 12.2. The largest absolute Gasteiger partial charge is 0.494 e. The molecular weight excluding hydrogens is 343 g/mol. The predicted molar refractivity (Wildman–Crippen MR) is 87.4 cm³/mol. The lowest BCUT2D eigenvalue weighted by Gasteiger charge is -2.35. The molecule has 1 aromatic rings. The van der Waals surface area contributed by atoms with Crippen LogP contribution >= 0.6 is 23.2 Å². The van der Waals surface area contributed by atoms with Crippen molar-refractivity contribution in [2.24, 2.45) is 0 Å². The predicted octanol–water partition coefficient (Wildman–Crippen LogP) is 1.93. The standard InChI is InChI=1S/C15H18Cl2N2O4/c1-22-9-12(20)18-5-7-19(8-6-18)15(21)13-10(16)3-4-11(17)14(13)23-2/h3-4H,5-9H2,1-2H3. The summed E-state index contributed by atoms with van der Waals surface area (Å²) in [6.45, 7) is 1.78. The summed E-state index contributed by atoms with van der Waals surface area (Å²) in [5.74, 6) is -0.0757. The van der Waals surface area contributed by atoms with Crippen molar-refractivity contribution in [2.45, 2.75) is 0 Å². The molecule has 0 spiro atoms. The number of hydrogen-bond acceptors (Lipinski definition) is 4. The molecule has 0 saturated carbocycles. The number of piperazine rings is 1. The second kappa shape index (κ2) is 7.86. The van der Waals surface area contributed by atoms with Gasteiger partial charge in [-0.1, -0.05) is 23.2 Å². The van der Waals surface area contributed by atoms with E-state index >= 15 is 0 Å². The molecule has 1 heterocycles. The van der Waals surface area contributed by atoms with Crippen LogP contribution in [-0.4, -0.2) is 68.6 Å². The van der Waals surface area contributed by atoms with Crippen LogP contribution < -0.4 is 4.74 Å². The van der Waals surface area contributed by atoms with Gasteiger partial charge in [-0.3, -0.25) is 9.59 Å². The van der Waals surface area contributed by atoms with Crippen LogP contribution in [0.3, 0.4) is 0 Å². The van der Waals surface area contributed by atoms with Crippen LogP contribution in [0.4, 0.5) is 0 Å². The average Bonchev–Trinajstić information content (AvgIpc) is 2.56. The summed E-state index contributed by atoms with van der Waals surface area (Å²) < 4.78 is 10.1. The number of methoxy groups -OCH3 is 2. The summed E-state index contributed by atoms with van der Waals surface area (Å²) in [7, 11) is 2.92. The lowest BCUT2D eigenvalue weighted by atomic mass is 10.1. The molecular formula is C15H18Cl2N2O4. The van der Waals surface area contributed by atoms with E-state index in [1.165, 1.54) is 14.2 Å². The molecule has 2 rings (SSSR count). The molecule has 2 amide bonds. The van der Waals surface area contributed by atoms with Crippen LogP contribution in [0.5, 0.6) is 5.75 Å². The number of rotatable bonds is 4. The summed E-state index contributed by atoms with van der Waals surface area (Å²) in [5, 5.41) is 0.614. The van der Waals surface area contributed by atoms with E-state index in [2.05, 4.69) is 0 Å². The van der Waals surface area contributed by atoms with E-state index in [9.17, 15) is 9.59 Å². The van der Waals surface area contributed by atoms with Gasteiger partial charge in [-0.15, -0.1) is 0 Å². The van der Waals surface area contributed by atoms with E-state index in [1.54, 1.807) is 21.9 Å². The fraction of sp³-hybridized carbons (Fsp3) is 0.467. The fourth-order valence-electron chi connectivity index (χ4n) is 2.46. The first-order valence-corrected chi connectivity index (χ1v) is 7.83. The summed E-state index contributed by atoms with van der Waals surface area (Å²) in [6, 6.07) is 3.15. The van der Waals surface area contributed by atoms with Crippen molar-refractivity contribution in [1.29, 1.82) is 0 Å². The highest BCUT2D eigenvalue weighted by atomic mass is 35.5. The van der Waals surface area contributed by atoms with Gasteiger partial charge in [-0.2, -0.15) is 0 Å². The lowest BCUT2D eigenvalue weighted by Crippen LogP contribution is -2.51. The normalized spacial score (nSPS) is 14.8. The third-order valence-corrected chi connectivity index (χ3v) is 4.28. The third-order valence-electron chi connectivity index (χ3n) is 3.66. The molecule has 6 nitrogen and oxygen atoms in total. The fourth-order valence-corrected chi connectivity index (χ4v) is 2.93. The van der Waals surface area contributed by atoms with Gasteiger partial charge in [0, 0.05) is 33.3 Å². The third kappa shape index (κ3) is 3.88. The van der Waals surface area contributed by atoms with E-state index in [0.717, 1.165) is 0 Å². The molecule has 1 aliphatic rings. The Labute approximate surface area is 144 Å². The Balaban J connectivity index is 2.12. The van der Waals surface area contributed by atoms with Crippen LogP contribution in [0.2, 0.25) is 10.0 Å². The molecule has 8 heteroatoms. The summed E-state index contributed by atoms with van der Waals surface area (Å²) in [4.78, 5) is 27.8. The Morgan fingerprint density at radius 2 is 1.61 bits per heavy atom. The van der Waals surface area contributed by atoms with Crippen LogP contribution in [0, 0.1) is 0 Å². The topological polar surface area (TPSA) is 59.1 Å². The first-order valence-electron chi connectivity index (χ1n) is 7.07. The van der Waals surface area contributed by atoms with Gasteiger partial charge in [0.25, 0.3) is 5.91 Å². The van der Waals surface area contributed by atoms with E-state index in [4.69, 9.17) is 32.7 Å². The number of carbonyl (C=O) groups excluding carboxylic acids is 2. The van der Waals surface area contributed by atoms with E-state index < -0.39 is 0 Å². The number of amides is 2. The smallest absolute Gasteiger partial charge is 0.259 e. The lowest BCUT2D eigenvalue weighted by molar-refractivity contribution is -0.136. The zero-order chi connectivity index (χ0) is 17.0. The van der Waals surface area contributed by atoms with Crippen molar-refractivity contribution >= 4 is 35.0 Å². The SMILES string of the molecule is COCC(=O)N1CCN(C(=O)c2c(Cl)ccc(Cl)c2OC)CC1. The minimum atomic E-state index is -0.256. The molecule has 0 aliphatic carbocycles. The van der Waals surface area contributed by atoms with Crippen LogP contribution in [0.25, 0.3) is 0 Å². The second-order valence-electron chi connectivity index (χ2n) is 5.04. The molecule has 1 saturated heterocycles. The van der Waals surface area contributed by atoms with Gasteiger partial charge in [0.15, 0.2) is 5.75 Å². The first kappa shape index (κ1) is 17.8. The van der Waals surface area contributed by atoms with Gasteiger partial charge in [-0.05, 0) is 12.1 Å². The highest BCUT2D eigenvalue weighted by Crippen LogP contribution is 2.34. The molecule has 23 heavy (non-hydrogen) atoms. The molecule has 0 bridgehead atoms. The number of nitrogens with zero attached hydrogens (tertiary/aromatic N) is 2. The number of benzene rings is 1. The van der Waals surface area contributed by atoms with Crippen molar-refractivity contribution in [3.05, 3.63) is 27.7 Å². The number of hydrogen-bond donors (Lipinski definition) is 0. The van der Waals surface area contributed by atoms with Crippen molar-refractivity contribution in [3.63, 3.8) is 0 Å². The van der Waals surface area contributed by atoms with Crippen molar-refractivity contribution in [2.75, 3.05) is 47.0 Å². The van der Waals surface area contributed by atoms with Gasteiger partial charge >= 0.3 is 0 Å². The minimum absolute atomic E-state index is 0.0435. The monoisotopic (exact) mass is 360 g/mol. The van der Waals surface area contributed by atoms with Crippen LogP contribution in [0.1, 0.15) is 10.4 Å². The summed E-state index contributed by atoms with van der Waals surface area (Å²) in [5.41, 5.74) is 0.248. The van der Waals surface area contributed by atoms with E-state index in [1.807, 2.05) is 0 Å². The van der Waals surface area contributed by atoms with E-state index in [0.29, 0.717) is 31.2 Å². The van der Waals surface area contributed by atoms with Gasteiger partial charge in [0.05, 0.1) is 17.2 Å². The quantitative estimate of drug-likeness (QED) is 0.823. The number of carbonyl (C=O) groups is 2. The zero-order valence-electron chi connectivity index (χ0n) is 13.0. The number of halogens is 2. The van der Waals surface area contributed by atoms with Gasteiger partial charge in [0.2, 0.25) is 5.91 Å². The molecule has 1 aliphatic heterocycles. The van der Waals surface area contributed by atoms with Crippen LogP contribution in [-0.2, 0) is 9.53 Å². The summed E-state index contributed by atoms with van der Waals surface area (Å²) in [6.07, 6.45) is 0. The highest BCUT2D eigenvalue weighted by Gasteiger charge is 2.28. The maximum atomic E-state index is 12.7. The molecule has 0 unspecified atom stereocenters. The molecule has 1 fully saturated rings. The Hall–Kier alpha value is -1.50. The maximum Gasteiger partial charge on any atom is 0.259 e. The zero-order valence-corrected chi connectivity index (χ0v) is 14.5.